The predicted molar refractivity (Wildman–Crippen MR) is 82.2 cm³/mol. The summed E-state index contributed by atoms with van der Waals surface area (Å²) in [5.74, 6) is 1.03. The van der Waals surface area contributed by atoms with Crippen LogP contribution in [0.25, 0.3) is 11.0 Å². The van der Waals surface area contributed by atoms with E-state index in [4.69, 9.17) is 5.73 Å². The smallest absolute Gasteiger partial charge is 0.304 e. The lowest BCUT2D eigenvalue weighted by Gasteiger charge is -2.07. The molecule has 0 spiro atoms. The highest BCUT2D eigenvalue weighted by Crippen LogP contribution is 2.21. The van der Waals surface area contributed by atoms with Gasteiger partial charge in [0.2, 0.25) is 0 Å². The molecule has 0 amide bonds. The highest BCUT2D eigenvalue weighted by Gasteiger charge is 2.11. The van der Waals surface area contributed by atoms with E-state index in [1.807, 2.05) is 23.6 Å². The lowest BCUT2D eigenvalue weighted by molar-refractivity contribution is 0.711. The molecule has 3 aromatic rings. The van der Waals surface area contributed by atoms with E-state index < -0.39 is 0 Å². The van der Waals surface area contributed by atoms with Crippen LogP contribution in [0.3, 0.4) is 0 Å². The van der Waals surface area contributed by atoms with Gasteiger partial charge in [0.1, 0.15) is 5.82 Å². The Morgan fingerprint density at radius 3 is 3.00 bits per heavy atom. The van der Waals surface area contributed by atoms with Gasteiger partial charge in [-0.2, -0.15) is 0 Å². The Kier molecular flexibility index (Phi) is 3.31. The van der Waals surface area contributed by atoms with Gasteiger partial charge in [-0.25, -0.2) is 4.98 Å². The van der Waals surface area contributed by atoms with Crippen molar-refractivity contribution < 1.29 is 0 Å². The number of nitrogens with one attached hydrogen (secondary N) is 1. The normalized spacial score (nSPS) is 11.2. The number of fused-ring (bicyclic) bond motifs is 1. The Bertz CT molecular complexity index is 799. The first kappa shape index (κ1) is 12.9. The molecule has 0 unspecified atom stereocenters. The molecule has 0 aliphatic heterocycles. The molecule has 0 saturated carbocycles. The van der Waals surface area contributed by atoms with Crippen LogP contribution in [0.4, 0.5) is 5.69 Å². The van der Waals surface area contributed by atoms with Crippen LogP contribution in [-0.2, 0) is 13.0 Å². The number of nitrogens with zero attached hydrogens (tertiary/aromatic N) is 2. The maximum absolute atomic E-state index is 11.3. The zero-order valence-corrected chi connectivity index (χ0v) is 12.0. The number of aromatic nitrogens is 3. The Balaban J connectivity index is 2.10. The summed E-state index contributed by atoms with van der Waals surface area (Å²) in [5, 5.41) is 1.86. The summed E-state index contributed by atoms with van der Waals surface area (Å²) < 4.78 is 2.15. The third kappa shape index (κ3) is 2.34. The summed E-state index contributed by atoms with van der Waals surface area (Å²) in [6.07, 6.45) is 1.93. The molecule has 0 radical (unpaired) electrons. The Labute approximate surface area is 120 Å². The zero-order valence-electron chi connectivity index (χ0n) is 11.2. The number of imidazole rings is 1. The Hall–Kier alpha value is -2.08. The number of aryl methyl sites for hydroxylation is 1. The van der Waals surface area contributed by atoms with Crippen molar-refractivity contribution in [3.05, 3.63) is 44.8 Å². The number of H-pyrrole nitrogens is 1. The molecule has 0 atom stereocenters. The molecule has 3 rings (SSSR count). The molecule has 20 heavy (non-hydrogen) atoms. The van der Waals surface area contributed by atoms with Gasteiger partial charge in [0.15, 0.2) is 0 Å². The highest BCUT2D eigenvalue weighted by molar-refractivity contribution is 7.07. The summed E-state index contributed by atoms with van der Waals surface area (Å²) in [7, 11) is 0. The third-order valence-electron chi connectivity index (χ3n) is 3.22. The predicted octanol–water partition coefficient (Wildman–Crippen LogP) is 2.37. The molecule has 0 aliphatic rings. The van der Waals surface area contributed by atoms with Gasteiger partial charge in [-0.05, 0) is 24.6 Å². The Morgan fingerprint density at radius 2 is 2.30 bits per heavy atom. The minimum atomic E-state index is -0.0225. The molecule has 0 bridgehead atoms. The fraction of sp³-hybridized carbons (Fsp3) is 0.286. The van der Waals surface area contributed by atoms with E-state index >= 15 is 0 Å². The SMILES string of the molecule is CCCc1nc2cc(N)ccc2n1Cc1csc(=O)[nH]1. The number of benzene rings is 1. The van der Waals surface area contributed by atoms with E-state index in [1.54, 1.807) is 0 Å². The molecule has 5 nitrogen and oxygen atoms in total. The molecule has 1 aromatic carbocycles. The summed E-state index contributed by atoms with van der Waals surface area (Å²) in [6, 6.07) is 5.76. The van der Waals surface area contributed by atoms with Crippen LogP contribution in [0, 0.1) is 0 Å². The molecule has 0 aliphatic carbocycles. The van der Waals surface area contributed by atoms with Crippen molar-refractivity contribution in [1.82, 2.24) is 14.5 Å². The fourth-order valence-electron chi connectivity index (χ4n) is 2.35. The van der Waals surface area contributed by atoms with Crippen molar-refractivity contribution >= 4 is 28.1 Å². The van der Waals surface area contributed by atoms with E-state index in [0.29, 0.717) is 12.2 Å². The lowest BCUT2D eigenvalue weighted by atomic mass is 10.3. The molecule has 2 aromatic heterocycles. The average molecular weight is 288 g/mol. The molecule has 3 N–H and O–H groups in total. The Morgan fingerprint density at radius 1 is 1.45 bits per heavy atom. The monoisotopic (exact) mass is 288 g/mol. The second-order valence-corrected chi connectivity index (χ2v) is 5.63. The maximum atomic E-state index is 11.3. The topological polar surface area (TPSA) is 76.7 Å². The van der Waals surface area contributed by atoms with Crippen LogP contribution in [0.15, 0.2) is 28.4 Å². The van der Waals surface area contributed by atoms with Crippen LogP contribution >= 0.6 is 11.3 Å². The molecule has 104 valence electrons. The standard InChI is InChI=1S/C14H16N4OS/c1-2-3-13-17-11-6-9(15)4-5-12(11)18(13)7-10-8-20-14(19)16-10/h4-6,8H,2-3,7,15H2,1H3,(H,16,19). The second kappa shape index (κ2) is 5.13. The van der Waals surface area contributed by atoms with Gasteiger partial charge in [0, 0.05) is 23.2 Å². The van der Waals surface area contributed by atoms with Crippen LogP contribution in [0.2, 0.25) is 0 Å². The number of nitrogen functional groups attached to an aromatic ring is 1. The molecule has 2 heterocycles. The number of hydrogen-bond acceptors (Lipinski definition) is 4. The summed E-state index contributed by atoms with van der Waals surface area (Å²) in [4.78, 5) is 18.7. The van der Waals surface area contributed by atoms with E-state index in [-0.39, 0.29) is 4.87 Å². The van der Waals surface area contributed by atoms with Gasteiger partial charge in [0.05, 0.1) is 17.6 Å². The van der Waals surface area contributed by atoms with Crippen LogP contribution in [0.5, 0.6) is 0 Å². The molecule has 0 saturated heterocycles. The van der Waals surface area contributed by atoms with Gasteiger partial charge in [0.25, 0.3) is 0 Å². The van der Waals surface area contributed by atoms with Crippen LogP contribution in [0.1, 0.15) is 24.9 Å². The highest BCUT2D eigenvalue weighted by atomic mass is 32.1. The lowest BCUT2D eigenvalue weighted by Crippen LogP contribution is -2.07. The zero-order chi connectivity index (χ0) is 14.1. The van der Waals surface area contributed by atoms with E-state index in [2.05, 4.69) is 21.5 Å². The van der Waals surface area contributed by atoms with Crippen molar-refractivity contribution in [3.8, 4) is 0 Å². The van der Waals surface area contributed by atoms with E-state index in [9.17, 15) is 4.79 Å². The first-order valence-electron chi connectivity index (χ1n) is 6.58. The van der Waals surface area contributed by atoms with Crippen molar-refractivity contribution in [2.75, 3.05) is 5.73 Å². The third-order valence-corrected chi connectivity index (χ3v) is 3.94. The van der Waals surface area contributed by atoms with Gasteiger partial charge in [-0.3, -0.25) is 4.79 Å². The molecular weight excluding hydrogens is 272 g/mol. The first-order chi connectivity index (χ1) is 9.67. The minimum Gasteiger partial charge on any atom is -0.399 e. The average Bonchev–Trinajstić information content (AvgIpc) is 2.95. The van der Waals surface area contributed by atoms with E-state index in [0.717, 1.165) is 35.4 Å². The van der Waals surface area contributed by atoms with Gasteiger partial charge >= 0.3 is 4.87 Å². The van der Waals surface area contributed by atoms with Crippen molar-refractivity contribution in [2.45, 2.75) is 26.3 Å². The van der Waals surface area contributed by atoms with Gasteiger partial charge in [-0.15, -0.1) is 0 Å². The summed E-state index contributed by atoms with van der Waals surface area (Å²) >= 11 is 1.19. The maximum Gasteiger partial charge on any atom is 0.304 e. The quantitative estimate of drug-likeness (QED) is 0.724. The number of rotatable bonds is 4. The minimum absolute atomic E-state index is 0.0225. The number of aromatic amines is 1. The number of hydrogen-bond donors (Lipinski definition) is 2. The number of anilines is 1. The number of nitrogens with two attached hydrogens (primary N) is 1. The van der Waals surface area contributed by atoms with Crippen molar-refractivity contribution in [2.24, 2.45) is 0 Å². The van der Waals surface area contributed by atoms with Gasteiger partial charge in [-0.1, -0.05) is 18.3 Å². The van der Waals surface area contributed by atoms with Crippen molar-refractivity contribution in [1.29, 1.82) is 0 Å². The molecular formula is C14H16N4OS. The number of thiazole rings is 1. The van der Waals surface area contributed by atoms with E-state index in [1.165, 1.54) is 11.3 Å². The second-order valence-electron chi connectivity index (χ2n) is 4.79. The fourth-order valence-corrected chi connectivity index (χ4v) is 2.92. The molecule has 0 fully saturated rings. The summed E-state index contributed by atoms with van der Waals surface area (Å²) in [6.45, 7) is 2.76. The summed E-state index contributed by atoms with van der Waals surface area (Å²) in [5.41, 5.74) is 9.40. The van der Waals surface area contributed by atoms with Crippen molar-refractivity contribution in [3.63, 3.8) is 0 Å². The largest absolute Gasteiger partial charge is 0.399 e. The molecule has 6 heteroatoms. The van der Waals surface area contributed by atoms with Crippen LogP contribution in [-0.4, -0.2) is 14.5 Å². The van der Waals surface area contributed by atoms with Crippen LogP contribution < -0.4 is 10.6 Å². The van der Waals surface area contributed by atoms with Gasteiger partial charge < -0.3 is 15.3 Å². The first-order valence-corrected chi connectivity index (χ1v) is 7.46.